The van der Waals surface area contributed by atoms with E-state index in [9.17, 15) is 4.39 Å². The zero-order chi connectivity index (χ0) is 15.2. The molecule has 118 valence electrons. The largest absolute Gasteiger partial charge is 0.491 e. The lowest BCUT2D eigenvalue weighted by Crippen LogP contribution is -2.39. The van der Waals surface area contributed by atoms with E-state index in [1.165, 1.54) is 6.07 Å². The third-order valence-corrected chi connectivity index (χ3v) is 4.11. The Kier molecular flexibility index (Phi) is 5.85. The summed E-state index contributed by atoms with van der Waals surface area (Å²) in [4.78, 5) is 2.19. The second kappa shape index (κ2) is 7.64. The molecule has 1 fully saturated rings. The number of nitrogens with zero attached hydrogens (tertiary/aromatic N) is 1. The molecule has 0 amide bonds. The third kappa shape index (κ3) is 4.60. The van der Waals surface area contributed by atoms with Crippen LogP contribution in [0.1, 0.15) is 39.5 Å². The molecule has 1 aromatic rings. The summed E-state index contributed by atoms with van der Waals surface area (Å²) in [5, 5.41) is 0. The summed E-state index contributed by atoms with van der Waals surface area (Å²) in [6.45, 7) is 6.78. The normalized spacial score (nSPS) is 17.8. The highest BCUT2D eigenvalue weighted by atomic mass is 19.1. The summed E-state index contributed by atoms with van der Waals surface area (Å²) in [6, 6.07) is 5.07. The highest BCUT2D eigenvalue weighted by Gasteiger charge is 2.20. The van der Waals surface area contributed by atoms with E-state index < -0.39 is 0 Å². The molecule has 4 heteroatoms. The first kappa shape index (κ1) is 16.1. The van der Waals surface area contributed by atoms with Gasteiger partial charge in [0.1, 0.15) is 11.6 Å². The van der Waals surface area contributed by atoms with Crippen LogP contribution in [0.25, 0.3) is 0 Å². The summed E-state index contributed by atoms with van der Waals surface area (Å²) in [6.07, 6.45) is 4.20. The Morgan fingerprint density at radius 3 is 2.76 bits per heavy atom. The molecule has 1 aromatic carbocycles. The highest BCUT2D eigenvalue weighted by Crippen LogP contribution is 2.31. The van der Waals surface area contributed by atoms with E-state index in [-0.39, 0.29) is 11.9 Å². The van der Waals surface area contributed by atoms with Crippen molar-refractivity contribution in [2.45, 2.75) is 45.6 Å². The molecule has 1 atom stereocenters. The van der Waals surface area contributed by atoms with Gasteiger partial charge in [-0.25, -0.2) is 4.39 Å². The monoisotopic (exact) mass is 294 g/mol. The second-order valence-corrected chi connectivity index (χ2v) is 6.14. The van der Waals surface area contributed by atoms with Crippen LogP contribution in [0.4, 0.5) is 10.1 Å². The minimum absolute atomic E-state index is 0.214. The van der Waals surface area contributed by atoms with E-state index in [0.29, 0.717) is 12.5 Å². The van der Waals surface area contributed by atoms with Crippen molar-refractivity contribution in [1.29, 1.82) is 0 Å². The van der Waals surface area contributed by atoms with Gasteiger partial charge in [0.05, 0.1) is 12.3 Å². The molecular formula is C17H27FN2O. The molecular weight excluding hydrogens is 267 g/mol. The predicted molar refractivity (Wildman–Crippen MR) is 85.4 cm³/mol. The summed E-state index contributed by atoms with van der Waals surface area (Å²) in [5.74, 6) is 1.09. The van der Waals surface area contributed by atoms with E-state index in [1.807, 2.05) is 0 Å². The van der Waals surface area contributed by atoms with Crippen LogP contribution in [0.15, 0.2) is 18.2 Å². The summed E-state index contributed by atoms with van der Waals surface area (Å²) in [7, 11) is 0. The van der Waals surface area contributed by atoms with Crippen LogP contribution in [0.5, 0.6) is 5.75 Å². The Morgan fingerprint density at radius 2 is 2.10 bits per heavy atom. The predicted octanol–water partition coefficient (Wildman–Crippen LogP) is 3.57. The van der Waals surface area contributed by atoms with Crippen molar-refractivity contribution >= 4 is 5.69 Å². The first-order valence-electron chi connectivity index (χ1n) is 8.03. The second-order valence-electron chi connectivity index (χ2n) is 6.14. The van der Waals surface area contributed by atoms with E-state index >= 15 is 0 Å². The van der Waals surface area contributed by atoms with Crippen LogP contribution in [0.3, 0.4) is 0 Å². The third-order valence-electron chi connectivity index (χ3n) is 4.11. The molecule has 0 aliphatic carbocycles. The lowest BCUT2D eigenvalue weighted by molar-refractivity contribution is 0.251. The number of piperidine rings is 1. The van der Waals surface area contributed by atoms with Gasteiger partial charge in [0, 0.05) is 25.2 Å². The van der Waals surface area contributed by atoms with Crippen molar-refractivity contribution in [1.82, 2.24) is 0 Å². The average Bonchev–Trinajstić information content (AvgIpc) is 2.47. The first-order chi connectivity index (χ1) is 10.1. The SMILES string of the molecule is CCCC(C)COc1ccc(F)cc1N1CCC(N)CC1. The smallest absolute Gasteiger partial charge is 0.142 e. The fraction of sp³-hybridized carbons (Fsp3) is 0.647. The van der Waals surface area contributed by atoms with E-state index in [0.717, 1.165) is 50.2 Å². The number of benzene rings is 1. The van der Waals surface area contributed by atoms with Gasteiger partial charge in [-0.2, -0.15) is 0 Å². The van der Waals surface area contributed by atoms with Gasteiger partial charge in [0.15, 0.2) is 0 Å². The first-order valence-corrected chi connectivity index (χ1v) is 8.03. The topological polar surface area (TPSA) is 38.5 Å². The molecule has 0 saturated carbocycles. The van der Waals surface area contributed by atoms with Crippen molar-refractivity contribution in [3.8, 4) is 5.75 Å². The Hall–Kier alpha value is -1.29. The van der Waals surface area contributed by atoms with Crippen LogP contribution >= 0.6 is 0 Å². The molecule has 1 aliphatic rings. The molecule has 1 aliphatic heterocycles. The van der Waals surface area contributed by atoms with Crippen LogP contribution in [-0.2, 0) is 0 Å². The number of hydrogen-bond donors (Lipinski definition) is 1. The van der Waals surface area contributed by atoms with Crippen LogP contribution in [0, 0.1) is 11.7 Å². The molecule has 2 rings (SSSR count). The Balaban J connectivity index is 2.06. The Bertz CT molecular complexity index is 444. The zero-order valence-corrected chi connectivity index (χ0v) is 13.1. The van der Waals surface area contributed by atoms with Gasteiger partial charge in [0.2, 0.25) is 0 Å². The quantitative estimate of drug-likeness (QED) is 0.871. The standard InChI is InChI=1S/C17H27FN2O/c1-3-4-13(2)12-21-17-6-5-14(18)11-16(17)20-9-7-15(19)8-10-20/h5-6,11,13,15H,3-4,7-10,12,19H2,1-2H3. The van der Waals surface area contributed by atoms with Gasteiger partial charge in [-0.15, -0.1) is 0 Å². The van der Waals surface area contributed by atoms with Crippen molar-refractivity contribution in [2.24, 2.45) is 11.7 Å². The molecule has 1 unspecified atom stereocenters. The average molecular weight is 294 g/mol. The van der Waals surface area contributed by atoms with Crippen molar-refractivity contribution < 1.29 is 9.13 Å². The maximum atomic E-state index is 13.6. The van der Waals surface area contributed by atoms with Gasteiger partial charge in [-0.1, -0.05) is 20.3 Å². The molecule has 1 saturated heterocycles. The lowest BCUT2D eigenvalue weighted by Gasteiger charge is -2.33. The molecule has 21 heavy (non-hydrogen) atoms. The molecule has 0 radical (unpaired) electrons. The van der Waals surface area contributed by atoms with Crippen molar-refractivity contribution in [3.05, 3.63) is 24.0 Å². The summed E-state index contributed by atoms with van der Waals surface area (Å²) < 4.78 is 19.5. The van der Waals surface area contributed by atoms with Crippen molar-refractivity contribution in [3.63, 3.8) is 0 Å². The Morgan fingerprint density at radius 1 is 1.38 bits per heavy atom. The molecule has 0 aromatic heterocycles. The van der Waals surface area contributed by atoms with Gasteiger partial charge in [-0.3, -0.25) is 0 Å². The number of hydrogen-bond acceptors (Lipinski definition) is 3. The number of ether oxygens (including phenoxy) is 1. The zero-order valence-electron chi connectivity index (χ0n) is 13.1. The van der Waals surface area contributed by atoms with Crippen molar-refractivity contribution in [2.75, 3.05) is 24.6 Å². The minimum atomic E-state index is -0.214. The molecule has 0 bridgehead atoms. The van der Waals surface area contributed by atoms with Crippen LogP contribution < -0.4 is 15.4 Å². The fourth-order valence-corrected chi connectivity index (χ4v) is 2.81. The minimum Gasteiger partial charge on any atom is -0.491 e. The molecule has 1 heterocycles. The maximum Gasteiger partial charge on any atom is 0.142 e. The summed E-state index contributed by atoms with van der Waals surface area (Å²) in [5.41, 5.74) is 6.81. The van der Waals surface area contributed by atoms with Gasteiger partial charge in [-0.05, 0) is 37.3 Å². The molecule has 3 nitrogen and oxygen atoms in total. The van der Waals surface area contributed by atoms with Crippen LogP contribution in [-0.4, -0.2) is 25.7 Å². The maximum absolute atomic E-state index is 13.6. The lowest BCUT2D eigenvalue weighted by atomic mass is 10.1. The number of rotatable bonds is 6. The van der Waals surface area contributed by atoms with E-state index in [2.05, 4.69) is 18.7 Å². The molecule has 0 spiro atoms. The van der Waals surface area contributed by atoms with Gasteiger partial charge >= 0.3 is 0 Å². The fourth-order valence-electron chi connectivity index (χ4n) is 2.81. The highest BCUT2D eigenvalue weighted by molar-refractivity contribution is 5.59. The number of nitrogens with two attached hydrogens (primary N) is 1. The van der Waals surface area contributed by atoms with E-state index in [4.69, 9.17) is 10.5 Å². The Labute approximate surface area is 127 Å². The number of halogens is 1. The number of anilines is 1. The van der Waals surface area contributed by atoms with Gasteiger partial charge < -0.3 is 15.4 Å². The van der Waals surface area contributed by atoms with Crippen LogP contribution in [0.2, 0.25) is 0 Å². The summed E-state index contributed by atoms with van der Waals surface area (Å²) >= 11 is 0. The molecule has 2 N–H and O–H groups in total. The van der Waals surface area contributed by atoms with E-state index in [1.54, 1.807) is 12.1 Å². The van der Waals surface area contributed by atoms with Gasteiger partial charge in [0.25, 0.3) is 0 Å².